The van der Waals surface area contributed by atoms with Crippen molar-refractivity contribution in [1.29, 1.82) is 0 Å². The van der Waals surface area contributed by atoms with Crippen molar-refractivity contribution in [2.24, 2.45) is 17.3 Å². The highest BCUT2D eigenvalue weighted by molar-refractivity contribution is 6.14. The first kappa shape index (κ1) is 26.7. The van der Waals surface area contributed by atoms with E-state index in [9.17, 15) is 14.4 Å². The minimum atomic E-state index is -1.18. The van der Waals surface area contributed by atoms with Gasteiger partial charge in [0, 0.05) is 31.4 Å². The standard InChI is InChI=1S/C30H33N3O5/c1-30(27(34)23-7-5-6-8-24(23)31-2)25(28(35)32-17-19-9-13-21(37-3)14-10-19)26(30)29(36)33-18-20-11-15-22(38-4)16-12-20/h5-16,25-26,31H,17-18H2,1-4H3,(H,32,35)(H,33,36)/t25-,26+,30?. The van der Waals surface area contributed by atoms with E-state index in [1.165, 1.54) is 0 Å². The van der Waals surface area contributed by atoms with Crippen LogP contribution in [0.5, 0.6) is 11.5 Å². The van der Waals surface area contributed by atoms with E-state index in [0.717, 1.165) is 22.6 Å². The summed E-state index contributed by atoms with van der Waals surface area (Å²) in [6.07, 6.45) is 0. The third-order valence-corrected chi connectivity index (χ3v) is 7.26. The van der Waals surface area contributed by atoms with E-state index in [2.05, 4.69) is 16.0 Å². The van der Waals surface area contributed by atoms with E-state index in [4.69, 9.17) is 9.47 Å². The molecule has 1 aliphatic carbocycles. The van der Waals surface area contributed by atoms with Gasteiger partial charge < -0.3 is 25.4 Å². The van der Waals surface area contributed by atoms with E-state index in [1.807, 2.05) is 54.6 Å². The number of carbonyl (C=O) groups is 3. The Morgan fingerprint density at radius 2 is 1.18 bits per heavy atom. The molecular weight excluding hydrogens is 482 g/mol. The van der Waals surface area contributed by atoms with Gasteiger partial charge in [-0.05, 0) is 47.5 Å². The number of hydrogen-bond acceptors (Lipinski definition) is 6. The Morgan fingerprint density at radius 3 is 1.61 bits per heavy atom. The highest BCUT2D eigenvalue weighted by atomic mass is 16.5. The van der Waals surface area contributed by atoms with E-state index in [-0.39, 0.29) is 30.7 Å². The van der Waals surface area contributed by atoms with Gasteiger partial charge in [0.2, 0.25) is 11.8 Å². The Kier molecular flexibility index (Phi) is 8.00. The van der Waals surface area contributed by atoms with E-state index in [1.54, 1.807) is 46.4 Å². The van der Waals surface area contributed by atoms with Gasteiger partial charge in [-0.25, -0.2) is 0 Å². The molecule has 3 atom stereocenters. The summed E-state index contributed by atoms with van der Waals surface area (Å²) in [7, 11) is 4.92. The molecule has 0 radical (unpaired) electrons. The summed E-state index contributed by atoms with van der Waals surface area (Å²) < 4.78 is 10.4. The molecule has 1 aliphatic rings. The van der Waals surface area contributed by atoms with Gasteiger partial charge in [0.25, 0.3) is 0 Å². The molecule has 3 aromatic carbocycles. The first-order valence-corrected chi connectivity index (χ1v) is 12.5. The van der Waals surface area contributed by atoms with E-state index in [0.29, 0.717) is 11.3 Å². The van der Waals surface area contributed by atoms with Gasteiger partial charge in [-0.15, -0.1) is 0 Å². The zero-order chi connectivity index (χ0) is 27.3. The Hall–Kier alpha value is -4.33. The monoisotopic (exact) mass is 515 g/mol. The normalized spacial score (nSPS) is 19.7. The molecule has 0 heterocycles. The summed E-state index contributed by atoms with van der Waals surface area (Å²) in [5.74, 6) is -1.06. The second-order valence-corrected chi connectivity index (χ2v) is 9.49. The van der Waals surface area contributed by atoms with Crippen molar-refractivity contribution in [2.45, 2.75) is 20.0 Å². The molecule has 3 aromatic rings. The molecule has 8 heteroatoms. The number of methoxy groups -OCH3 is 2. The van der Waals surface area contributed by atoms with Crippen molar-refractivity contribution >= 4 is 23.3 Å². The molecule has 4 rings (SSSR count). The average Bonchev–Trinajstić information content (AvgIpc) is 3.61. The van der Waals surface area contributed by atoms with Crippen molar-refractivity contribution in [2.75, 3.05) is 26.6 Å². The SMILES string of the molecule is CNc1ccccc1C(=O)C1(C)[C@H](C(=O)NCc2ccc(OC)cc2)[C@@H]1C(=O)NCc1ccc(OC)cc1. The lowest BCUT2D eigenvalue weighted by molar-refractivity contribution is -0.127. The quantitative estimate of drug-likeness (QED) is 0.336. The molecule has 198 valence electrons. The largest absolute Gasteiger partial charge is 0.497 e. The van der Waals surface area contributed by atoms with Crippen LogP contribution in [0.1, 0.15) is 28.4 Å². The Labute approximate surface area is 222 Å². The molecule has 2 amide bonds. The summed E-state index contributed by atoms with van der Waals surface area (Å²) in [5.41, 5.74) is 1.69. The second-order valence-electron chi connectivity index (χ2n) is 9.49. The zero-order valence-corrected chi connectivity index (χ0v) is 22.0. The third kappa shape index (κ3) is 5.34. The number of hydrogen-bond donors (Lipinski definition) is 3. The Bertz CT molecular complexity index is 1230. The number of anilines is 1. The van der Waals surface area contributed by atoms with Gasteiger partial charge in [0.1, 0.15) is 11.5 Å². The molecule has 0 spiro atoms. The molecule has 0 aromatic heterocycles. The van der Waals surface area contributed by atoms with Crippen LogP contribution in [0.4, 0.5) is 5.69 Å². The van der Waals surface area contributed by atoms with Gasteiger partial charge in [0.05, 0.1) is 31.5 Å². The summed E-state index contributed by atoms with van der Waals surface area (Å²) in [6, 6.07) is 21.8. The van der Waals surface area contributed by atoms with Crippen molar-refractivity contribution < 1.29 is 23.9 Å². The average molecular weight is 516 g/mol. The van der Waals surface area contributed by atoms with Crippen LogP contribution in [-0.2, 0) is 22.7 Å². The summed E-state index contributed by atoms with van der Waals surface area (Å²) in [5, 5.41) is 8.87. The molecule has 1 fully saturated rings. The van der Waals surface area contributed by atoms with Crippen molar-refractivity contribution in [3.8, 4) is 11.5 Å². The Morgan fingerprint density at radius 1 is 0.737 bits per heavy atom. The zero-order valence-electron chi connectivity index (χ0n) is 22.0. The van der Waals surface area contributed by atoms with Crippen molar-refractivity contribution in [3.05, 3.63) is 89.5 Å². The number of para-hydroxylation sites is 1. The maximum atomic E-state index is 13.8. The Balaban J connectivity index is 1.53. The van der Waals surface area contributed by atoms with Crippen LogP contribution in [0.2, 0.25) is 0 Å². The van der Waals surface area contributed by atoms with Crippen LogP contribution in [0, 0.1) is 17.3 Å². The number of benzene rings is 3. The molecule has 1 saturated carbocycles. The van der Waals surface area contributed by atoms with Crippen LogP contribution < -0.4 is 25.4 Å². The first-order valence-electron chi connectivity index (χ1n) is 12.5. The summed E-state index contributed by atoms with van der Waals surface area (Å²) in [4.78, 5) is 40.5. The summed E-state index contributed by atoms with van der Waals surface area (Å²) in [6.45, 7) is 2.25. The summed E-state index contributed by atoms with van der Waals surface area (Å²) >= 11 is 0. The van der Waals surface area contributed by atoms with Crippen molar-refractivity contribution in [1.82, 2.24) is 10.6 Å². The number of ether oxygens (including phenoxy) is 2. The lowest BCUT2D eigenvalue weighted by Gasteiger charge is -2.15. The number of Topliss-reactive ketones (excluding diaryl/α,β-unsaturated/α-hetero) is 1. The van der Waals surface area contributed by atoms with Gasteiger partial charge in [-0.3, -0.25) is 14.4 Å². The van der Waals surface area contributed by atoms with Gasteiger partial charge in [0.15, 0.2) is 5.78 Å². The van der Waals surface area contributed by atoms with Crippen LogP contribution in [-0.4, -0.2) is 38.9 Å². The predicted molar refractivity (Wildman–Crippen MR) is 145 cm³/mol. The molecule has 8 nitrogen and oxygen atoms in total. The molecular formula is C30H33N3O5. The lowest BCUT2D eigenvalue weighted by Crippen LogP contribution is -2.29. The minimum absolute atomic E-state index is 0.239. The highest BCUT2D eigenvalue weighted by Crippen LogP contribution is 2.61. The fourth-order valence-electron chi connectivity index (χ4n) is 4.92. The number of amides is 2. The van der Waals surface area contributed by atoms with Gasteiger partial charge >= 0.3 is 0 Å². The van der Waals surface area contributed by atoms with Crippen LogP contribution in [0.25, 0.3) is 0 Å². The maximum absolute atomic E-state index is 13.8. The topological polar surface area (TPSA) is 106 Å². The van der Waals surface area contributed by atoms with Gasteiger partial charge in [-0.2, -0.15) is 0 Å². The van der Waals surface area contributed by atoms with Crippen LogP contribution in [0.3, 0.4) is 0 Å². The van der Waals surface area contributed by atoms with Crippen molar-refractivity contribution in [3.63, 3.8) is 0 Å². The highest BCUT2D eigenvalue weighted by Gasteiger charge is 2.72. The fraction of sp³-hybridized carbons (Fsp3) is 0.300. The molecule has 0 aliphatic heterocycles. The number of rotatable bonds is 11. The molecule has 1 unspecified atom stereocenters. The number of nitrogens with one attached hydrogen (secondary N) is 3. The minimum Gasteiger partial charge on any atom is -0.497 e. The molecule has 0 saturated heterocycles. The number of ketones is 1. The first-order chi connectivity index (χ1) is 18.3. The predicted octanol–water partition coefficient (Wildman–Crippen LogP) is 3.81. The van der Waals surface area contributed by atoms with Gasteiger partial charge in [-0.1, -0.05) is 43.3 Å². The lowest BCUT2D eigenvalue weighted by atomic mass is 9.91. The fourth-order valence-corrected chi connectivity index (χ4v) is 4.92. The number of carbonyl (C=O) groups excluding carboxylic acids is 3. The smallest absolute Gasteiger partial charge is 0.225 e. The van der Waals surface area contributed by atoms with Crippen LogP contribution in [0.15, 0.2) is 72.8 Å². The van der Waals surface area contributed by atoms with Crippen LogP contribution >= 0.6 is 0 Å². The molecule has 38 heavy (non-hydrogen) atoms. The maximum Gasteiger partial charge on any atom is 0.225 e. The second kappa shape index (κ2) is 11.4. The molecule has 0 bridgehead atoms. The molecule has 3 N–H and O–H groups in total. The van der Waals surface area contributed by atoms with E-state index < -0.39 is 17.3 Å². The third-order valence-electron chi connectivity index (χ3n) is 7.26. The van der Waals surface area contributed by atoms with E-state index >= 15 is 0 Å².